The lowest BCUT2D eigenvalue weighted by molar-refractivity contribution is 0.0916. The van der Waals surface area contributed by atoms with Gasteiger partial charge < -0.3 is 9.72 Å². The molecule has 0 aliphatic rings. The number of Topliss-reactive ketones (excluding diaryl/α,β-unsaturated/α-hetero) is 2. The van der Waals surface area contributed by atoms with E-state index in [1.807, 2.05) is 36.4 Å². The number of nitrogens with one attached hydrogen (secondary N) is 1. The zero-order valence-electron chi connectivity index (χ0n) is 14.3. The molecule has 1 N–H and O–H groups in total. The van der Waals surface area contributed by atoms with Crippen LogP contribution in [-0.2, 0) is 0 Å². The Morgan fingerprint density at radius 1 is 1.08 bits per heavy atom. The van der Waals surface area contributed by atoms with Gasteiger partial charge in [0.2, 0.25) is 5.78 Å². The number of carbonyl (C=O) groups is 2. The Morgan fingerprint density at radius 2 is 1.76 bits per heavy atom. The van der Waals surface area contributed by atoms with Crippen molar-refractivity contribution in [3.8, 4) is 5.75 Å². The third-order valence-electron chi connectivity index (χ3n) is 4.21. The van der Waals surface area contributed by atoms with Crippen molar-refractivity contribution in [3.05, 3.63) is 63.4 Å². The van der Waals surface area contributed by atoms with Crippen molar-refractivity contribution in [3.63, 3.8) is 0 Å². The average molecular weight is 400 g/mol. The molecule has 4 nitrogen and oxygen atoms in total. The van der Waals surface area contributed by atoms with Crippen LogP contribution in [0.5, 0.6) is 5.75 Å². The van der Waals surface area contributed by atoms with Crippen molar-refractivity contribution in [1.29, 1.82) is 0 Å². The van der Waals surface area contributed by atoms with E-state index in [0.29, 0.717) is 28.3 Å². The Bertz CT molecular complexity index is 988. The van der Waals surface area contributed by atoms with Gasteiger partial charge in [-0.05, 0) is 61.4 Å². The van der Waals surface area contributed by atoms with Gasteiger partial charge in [-0.25, -0.2) is 0 Å². The van der Waals surface area contributed by atoms with E-state index in [4.69, 9.17) is 4.74 Å². The van der Waals surface area contributed by atoms with Crippen LogP contribution in [0.1, 0.15) is 39.0 Å². The molecule has 0 fully saturated rings. The van der Waals surface area contributed by atoms with E-state index in [1.54, 1.807) is 13.8 Å². The number of ketones is 2. The first-order valence-electron chi connectivity index (χ1n) is 7.92. The molecule has 0 saturated heterocycles. The molecule has 0 amide bonds. The number of hydrogen-bond donors (Lipinski definition) is 1. The number of aromatic nitrogens is 1. The zero-order valence-corrected chi connectivity index (χ0v) is 15.9. The summed E-state index contributed by atoms with van der Waals surface area (Å²) in [5, 5.41) is 2.13. The molecular formula is C20H18BrNO3. The lowest BCUT2D eigenvalue weighted by Gasteiger charge is -2.07. The van der Waals surface area contributed by atoms with Gasteiger partial charge in [-0.2, -0.15) is 0 Å². The van der Waals surface area contributed by atoms with Gasteiger partial charge in [-0.15, -0.1) is 0 Å². The number of benzene rings is 2. The Labute approximate surface area is 154 Å². The Hall–Kier alpha value is -2.40. The third-order valence-corrected chi connectivity index (χ3v) is 4.71. The summed E-state index contributed by atoms with van der Waals surface area (Å²) in [5.41, 5.74) is 2.42. The Kier molecular flexibility index (Phi) is 4.77. The zero-order chi connectivity index (χ0) is 18.1. The predicted molar refractivity (Wildman–Crippen MR) is 102 cm³/mol. The van der Waals surface area contributed by atoms with E-state index in [1.165, 1.54) is 6.92 Å². The number of H-pyrrole nitrogens is 1. The number of halogens is 1. The van der Waals surface area contributed by atoms with Crippen LogP contribution in [0.2, 0.25) is 0 Å². The quantitative estimate of drug-likeness (QED) is 0.613. The van der Waals surface area contributed by atoms with Crippen LogP contribution >= 0.6 is 15.9 Å². The molecule has 3 rings (SSSR count). The highest BCUT2D eigenvalue weighted by atomic mass is 79.9. The van der Waals surface area contributed by atoms with E-state index >= 15 is 0 Å². The van der Waals surface area contributed by atoms with E-state index in [2.05, 4.69) is 20.9 Å². The van der Waals surface area contributed by atoms with Crippen LogP contribution in [0, 0.1) is 13.8 Å². The standard InChI is InChI=1S/C20H18BrNO3/c1-11-19(13(3)23)12(2)22-20(11)18(24)10-25-17-7-5-14-8-16(21)6-4-15(14)9-17/h4-9,22H,10H2,1-3H3. The second-order valence-corrected chi connectivity index (χ2v) is 6.96. The van der Waals surface area contributed by atoms with Crippen LogP contribution in [0.25, 0.3) is 10.8 Å². The fourth-order valence-corrected chi connectivity index (χ4v) is 3.44. The number of aromatic amines is 1. The molecule has 0 spiro atoms. The summed E-state index contributed by atoms with van der Waals surface area (Å²) in [6.07, 6.45) is 0. The van der Waals surface area contributed by atoms with Gasteiger partial charge in [-0.3, -0.25) is 9.59 Å². The second-order valence-electron chi connectivity index (χ2n) is 6.05. The first-order valence-corrected chi connectivity index (χ1v) is 8.71. The third kappa shape index (κ3) is 3.51. The number of ether oxygens (including phenoxy) is 1. The summed E-state index contributed by atoms with van der Waals surface area (Å²) in [6, 6.07) is 11.7. The maximum atomic E-state index is 12.5. The van der Waals surface area contributed by atoms with E-state index in [-0.39, 0.29) is 18.2 Å². The number of aryl methyl sites for hydroxylation is 1. The van der Waals surface area contributed by atoms with Crippen molar-refractivity contribution in [1.82, 2.24) is 4.98 Å². The first kappa shape index (κ1) is 17.4. The van der Waals surface area contributed by atoms with Gasteiger partial charge in [0.05, 0.1) is 5.69 Å². The fourth-order valence-electron chi connectivity index (χ4n) is 3.06. The molecule has 0 atom stereocenters. The number of fused-ring (bicyclic) bond motifs is 1. The minimum absolute atomic E-state index is 0.0492. The molecule has 0 radical (unpaired) electrons. The topological polar surface area (TPSA) is 59.2 Å². The summed E-state index contributed by atoms with van der Waals surface area (Å²) >= 11 is 3.45. The van der Waals surface area contributed by atoms with Crippen LogP contribution in [0.15, 0.2) is 40.9 Å². The molecule has 25 heavy (non-hydrogen) atoms. The van der Waals surface area contributed by atoms with Crippen LogP contribution in [-0.4, -0.2) is 23.2 Å². The van der Waals surface area contributed by atoms with Gasteiger partial charge in [0, 0.05) is 15.7 Å². The molecule has 0 aliphatic heterocycles. The van der Waals surface area contributed by atoms with Gasteiger partial charge >= 0.3 is 0 Å². The largest absolute Gasteiger partial charge is 0.485 e. The summed E-state index contributed by atoms with van der Waals surface area (Å²) in [6.45, 7) is 4.99. The molecular weight excluding hydrogens is 382 g/mol. The average Bonchev–Trinajstić information content (AvgIpc) is 2.87. The van der Waals surface area contributed by atoms with Crippen molar-refractivity contribution in [2.75, 3.05) is 6.61 Å². The van der Waals surface area contributed by atoms with Crippen molar-refractivity contribution < 1.29 is 14.3 Å². The van der Waals surface area contributed by atoms with Gasteiger partial charge in [0.1, 0.15) is 5.75 Å². The summed E-state index contributed by atoms with van der Waals surface area (Å²) in [4.78, 5) is 27.2. The maximum Gasteiger partial charge on any atom is 0.216 e. The van der Waals surface area contributed by atoms with Crippen LogP contribution in [0.3, 0.4) is 0 Å². The summed E-state index contributed by atoms with van der Waals surface area (Å²) in [7, 11) is 0. The molecule has 128 valence electrons. The fraction of sp³-hybridized carbons (Fsp3) is 0.200. The van der Waals surface area contributed by atoms with Crippen molar-refractivity contribution >= 4 is 38.3 Å². The van der Waals surface area contributed by atoms with Gasteiger partial charge in [0.15, 0.2) is 12.4 Å². The molecule has 3 aromatic rings. The highest BCUT2D eigenvalue weighted by molar-refractivity contribution is 9.10. The summed E-state index contributed by atoms with van der Waals surface area (Å²) in [5.74, 6) is 0.409. The van der Waals surface area contributed by atoms with Crippen LogP contribution in [0.4, 0.5) is 0 Å². The lowest BCUT2D eigenvalue weighted by Crippen LogP contribution is -2.13. The molecule has 1 heterocycles. The highest BCUT2D eigenvalue weighted by Crippen LogP contribution is 2.24. The monoisotopic (exact) mass is 399 g/mol. The second kappa shape index (κ2) is 6.84. The van der Waals surface area contributed by atoms with E-state index in [0.717, 1.165) is 15.2 Å². The minimum Gasteiger partial charge on any atom is -0.485 e. The van der Waals surface area contributed by atoms with Crippen molar-refractivity contribution in [2.45, 2.75) is 20.8 Å². The Balaban J connectivity index is 1.77. The van der Waals surface area contributed by atoms with Gasteiger partial charge in [0.25, 0.3) is 0 Å². The van der Waals surface area contributed by atoms with E-state index < -0.39 is 0 Å². The molecule has 1 aromatic heterocycles. The smallest absolute Gasteiger partial charge is 0.216 e. The molecule has 0 bridgehead atoms. The number of rotatable bonds is 5. The first-order chi connectivity index (χ1) is 11.9. The molecule has 5 heteroatoms. The predicted octanol–water partition coefficient (Wildman–Crippen LogP) is 5.01. The lowest BCUT2D eigenvalue weighted by atomic mass is 10.1. The van der Waals surface area contributed by atoms with Crippen LogP contribution < -0.4 is 4.74 Å². The number of hydrogen-bond acceptors (Lipinski definition) is 3. The SMILES string of the molecule is CC(=O)c1c(C)[nH]c(C(=O)COc2ccc3cc(Br)ccc3c2)c1C. The Morgan fingerprint density at radius 3 is 2.44 bits per heavy atom. The number of carbonyl (C=O) groups excluding carboxylic acids is 2. The van der Waals surface area contributed by atoms with E-state index in [9.17, 15) is 9.59 Å². The minimum atomic E-state index is -0.177. The van der Waals surface area contributed by atoms with Gasteiger partial charge in [-0.1, -0.05) is 28.1 Å². The van der Waals surface area contributed by atoms with Crippen molar-refractivity contribution in [2.24, 2.45) is 0 Å². The molecule has 0 unspecified atom stereocenters. The highest BCUT2D eigenvalue weighted by Gasteiger charge is 2.20. The normalized spacial score (nSPS) is 10.9. The molecule has 0 aliphatic carbocycles. The molecule has 2 aromatic carbocycles. The maximum absolute atomic E-state index is 12.5. The summed E-state index contributed by atoms with van der Waals surface area (Å²) < 4.78 is 6.68. The molecule has 0 saturated carbocycles.